The van der Waals surface area contributed by atoms with Crippen LogP contribution in [0.2, 0.25) is 0 Å². The summed E-state index contributed by atoms with van der Waals surface area (Å²) in [5.41, 5.74) is 9.00. The molecule has 0 N–H and O–H groups in total. The van der Waals surface area contributed by atoms with Gasteiger partial charge in [0.2, 0.25) is 0 Å². The van der Waals surface area contributed by atoms with Crippen molar-refractivity contribution in [3.8, 4) is 0 Å². The molecule has 0 heteroatoms. The smallest absolute Gasteiger partial charge is 0.0162 e. The normalized spacial score (nSPS) is 30.7. The van der Waals surface area contributed by atoms with E-state index in [0.29, 0.717) is 0 Å². The van der Waals surface area contributed by atoms with E-state index in [1.807, 2.05) is 0 Å². The number of rotatable bonds is 7. The Bertz CT molecular complexity index is 1270. The Hall–Kier alpha value is -2.60. The van der Waals surface area contributed by atoms with E-state index in [-0.39, 0.29) is 0 Å². The zero-order valence-electron chi connectivity index (χ0n) is 27.7. The van der Waals surface area contributed by atoms with Crippen molar-refractivity contribution in [2.75, 3.05) is 0 Å². The van der Waals surface area contributed by atoms with Crippen molar-refractivity contribution < 1.29 is 0 Å². The van der Waals surface area contributed by atoms with Crippen molar-refractivity contribution >= 4 is 11.1 Å². The summed E-state index contributed by atoms with van der Waals surface area (Å²) in [5.74, 6) is 6.28. The maximum Gasteiger partial charge on any atom is -0.0162 e. The molecule has 2 aromatic rings. The van der Waals surface area contributed by atoms with Crippen LogP contribution in [0.25, 0.3) is 11.1 Å². The molecule has 0 amide bonds. The molecule has 0 aromatic heterocycles. The zero-order chi connectivity index (χ0) is 30.3. The number of benzene rings is 2. The monoisotopic (exact) mass is 586 g/mol. The predicted octanol–water partition coefficient (Wildman–Crippen LogP) is 12.9. The first-order chi connectivity index (χ1) is 21.6. The average molecular weight is 587 g/mol. The Kier molecular flexibility index (Phi) is 10.8. The van der Waals surface area contributed by atoms with Gasteiger partial charge < -0.3 is 0 Å². The lowest BCUT2D eigenvalue weighted by atomic mass is 9.71. The van der Waals surface area contributed by atoms with E-state index in [1.165, 1.54) is 119 Å². The Labute approximate surface area is 269 Å². The van der Waals surface area contributed by atoms with Gasteiger partial charge in [0.1, 0.15) is 0 Å². The van der Waals surface area contributed by atoms with Gasteiger partial charge in [-0.1, -0.05) is 78.4 Å². The van der Waals surface area contributed by atoms with Crippen molar-refractivity contribution in [2.45, 2.75) is 116 Å². The minimum atomic E-state index is 0.795. The average Bonchev–Trinajstić information content (AvgIpc) is 3.95. The third-order valence-electron chi connectivity index (χ3n) is 12.3. The van der Waals surface area contributed by atoms with Crippen LogP contribution < -0.4 is 0 Å². The molecule has 7 rings (SSSR count). The molecule has 0 radical (unpaired) electrons. The molecule has 0 aliphatic heterocycles. The van der Waals surface area contributed by atoms with E-state index >= 15 is 0 Å². The summed E-state index contributed by atoms with van der Waals surface area (Å²) in [4.78, 5) is 0. The molecule has 3 saturated carbocycles. The van der Waals surface area contributed by atoms with Crippen LogP contribution in [0.4, 0.5) is 0 Å². The molecule has 2 unspecified atom stereocenters. The first kappa shape index (κ1) is 31.4. The van der Waals surface area contributed by atoms with Gasteiger partial charge in [-0.05, 0) is 179 Å². The zero-order valence-corrected chi connectivity index (χ0v) is 27.7. The fraction of sp³-hybridized carbons (Fsp3) is 0.545. The first-order valence-corrected chi connectivity index (χ1v) is 18.4. The third-order valence-corrected chi connectivity index (χ3v) is 12.3. The van der Waals surface area contributed by atoms with Crippen LogP contribution in [0.1, 0.15) is 131 Å². The van der Waals surface area contributed by atoms with E-state index in [0.717, 1.165) is 41.4 Å². The predicted molar refractivity (Wildman–Crippen MR) is 192 cm³/mol. The van der Waals surface area contributed by atoms with Crippen LogP contribution in [-0.4, -0.2) is 0 Å². The highest BCUT2D eigenvalue weighted by molar-refractivity contribution is 5.67. The Morgan fingerprint density at radius 2 is 0.932 bits per heavy atom. The molecule has 2 atom stereocenters. The molecule has 0 nitrogen and oxygen atoms in total. The van der Waals surface area contributed by atoms with Crippen molar-refractivity contribution in [1.29, 1.82) is 0 Å². The quantitative estimate of drug-likeness (QED) is 0.283. The maximum absolute atomic E-state index is 3.98. The van der Waals surface area contributed by atoms with E-state index in [2.05, 4.69) is 92.9 Å². The highest BCUT2D eigenvalue weighted by Gasteiger charge is 2.29. The van der Waals surface area contributed by atoms with Crippen LogP contribution in [0, 0.1) is 42.4 Å². The number of hydrogen-bond acceptors (Lipinski definition) is 0. The first-order valence-electron chi connectivity index (χ1n) is 18.4. The van der Waals surface area contributed by atoms with E-state index in [4.69, 9.17) is 0 Å². The SMILES string of the molecule is C=CC1CCC(C2CC=C(c3ccc(C)cc3)CC2)CC1.C=CC1CCC(C2CC=C(c3ccc(C4CC4)cc3)CC2)CC1. The second-order valence-corrected chi connectivity index (χ2v) is 15.1. The summed E-state index contributed by atoms with van der Waals surface area (Å²) in [6.45, 7) is 10.1. The Morgan fingerprint density at radius 3 is 1.30 bits per heavy atom. The molecule has 0 saturated heterocycles. The number of allylic oxidation sites excluding steroid dienone is 6. The standard InChI is InChI=1S/C23H30.C21H28/c1-2-17-3-5-18(6-4-17)19-7-9-20(10-8-19)21-11-13-22(14-12-21)23-15-16-23;1-3-17-6-10-19(11-7-17)21-14-12-20(13-15-21)18-8-4-16(2)5-9-18/h2,9,11-14,17-19,23H,1,3-8,10,15-16H2;3-5,8-9,12,17,19,21H,1,6-7,10-11,13-15H2,2H3. The van der Waals surface area contributed by atoms with Crippen LogP contribution in [-0.2, 0) is 0 Å². The molecular formula is C44H58. The highest BCUT2D eigenvalue weighted by Crippen LogP contribution is 2.44. The second-order valence-electron chi connectivity index (χ2n) is 15.1. The molecule has 5 aliphatic carbocycles. The molecule has 44 heavy (non-hydrogen) atoms. The lowest BCUT2D eigenvalue weighted by molar-refractivity contribution is 0.212. The molecule has 0 spiro atoms. The fourth-order valence-corrected chi connectivity index (χ4v) is 8.95. The van der Waals surface area contributed by atoms with Crippen molar-refractivity contribution in [3.05, 3.63) is 108 Å². The largest absolute Gasteiger partial charge is 0.103 e. The van der Waals surface area contributed by atoms with Gasteiger partial charge >= 0.3 is 0 Å². The minimum Gasteiger partial charge on any atom is -0.103 e. The van der Waals surface area contributed by atoms with Gasteiger partial charge in [0.25, 0.3) is 0 Å². The number of hydrogen-bond donors (Lipinski definition) is 0. The van der Waals surface area contributed by atoms with Gasteiger partial charge in [-0.15, -0.1) is 13.2 Å². The number of aryl methyl sites for hydroxylation is 1. The van der Waals surface area contributed by atoms with Crippen LogP contribution in [0.15, 0.2) is 86.0 Å². The Balaban J connectivity index is 0.000000157. The highest BCUT2D eigenvalue weighted by atomic mass is 14.3. The van der Waals surface area contributed by atoms with Crippen molar-refractivity contribution in [2.24, 2.45) is 35.5 Å². The molecule has 3 fully saturated rings. The van der Waals surface area contributed by atoms with Crippen LogP contribution in [0.5, 0.6) is 0 Å². The third kappa shape index (κ3) is 8.16. The van der Waals surface area contributed by atoms with Gasteiger partial charge in [-0.25, -0.2) is 0 Å². The van der Waals surface area contributed by atoms with Gasteiger partial charge in [-0.2, -0.15) is 0 Å². The summed E-state index contributed by atoms with van der Waals surface area (Å²) in [6.07, 6.45) is 31.4. The van der Waals surface area contributed by atoms with Crippen LogP contribution in [0.3, 0.4) is 0 Å². The van der Waals surface area contributed by atoms with Crippen molar-refractivity contribution in [1.82, 2.24) is 0 Å². The van der Waals surface area contributed by atoms with Gasteiger partial charge in [0.05, 0.1) is 0 Å². The molecule has 2 aromatic carbocycles. The Morgan fingerprint density at radius 1 is 0.500 bits per heavy atom. The van der Waals surface area contributed by atoms with Crippen molar-refractivity contribution in [3.63, 3.8) is 0 Å². The summed E-state index contributed by atoms with van der Waals surface area (Å²) in [5, 5.41) is 0. The van der Waals surface area contributed by atoms with Crippen LogP contribution >= 0.6 is 0 Å². The van der Waals surface area contributed by atoms with E-state index < -0.39 is 0 Å². The summed E-state index contributed by atoms with van der Waals surface area (Å²) < 4.78 is 0. The minimum absolute atomic E-state index is 0.795. The van der Waals surface area contributed by atoms with Gasteiger partial charge in [0, 0.05) is 0 Å². The van der Waals surface area contributed by atoms with Gasteiger partial charge in [0.15, 0.2) is 0 Å². The summed E-state index contributed by atoms with van der Waals surface area (Å²) in [7, 11) is 0. The summed E-state index contributed by atoms with van der Waals surface area (Å²) in [6, 6.07) is 18.5. The molecule has 0 bridgehead atoms. The molecular weight excluding hydrogens is 528 g/mol. The van der Waals surface area contributed by atoms with Gasteiger partial charge in [-0.3, -0.25) is 0 Å². The maximum atomic E-state index is 3.98. The lowest BCUT2D eigenvalue weighted by Crippen LogP contribution is -2.22. The lowest BCUT2D eigenvalue weighted by Gasteiger charge is -2.34. The molecule has 234 valence electrons. The summed E-state index contributed by atoms with van der Waals surface area (Å²) >= 11 is 0. The van der Waals surface area contributed by atoms with E-state index in [1.54, 1.807) is 16.7 Å². The molecule has 5 aliphatic rings. The second kappa shape index (κ2) is 15.1. The topological polar surface area (TPSA) is 0 Å². The fourth-order valence-electron chi connectivity index (χ4n) is 8.95. The van der Waals surface area contributed by atoms with E-state index in [9.17, 15) is 0 Å². The molecule has 0 heterocycles.